The Morgan fingerprint density at radius 2 is 1.90 bits per heavy atom. The van der Waals surface area contributed by atoms with Gasteiger partial charge in [0, 0.05) is 12.2 Å². The highest BCUT2D eigenvalue weighted by Crippen LogP contribution is 2.32. The van der Waals surface area contributed by atoms with Gasteiger partial charge >= 0.3 is 0 Å². The summed E-state index contributed by atoms with van der Waals surface area (Å²) in [6, 6.07) is 9.74. The second-order valence-corrected chi connectivity index (χ2v) is 6.15. The first-order chi connectivity index (χ1) is 14.1. The molecular weight excluding hydrogens is 376 g/mol. The number of amides is 1. The van der Waals surface area contributed by atoms with Crippen LogP contribution in [-0.4, -0.2) is 46.5 Å². The second kappa shape index (κ2) is 9.26. The number of nitrogens with two attached hydrogens (primary N) is 1. The van der Waals surface area contributed by atoms with E-state index in [9.17, 15) is 9.59 Å². The number of aromatic nitrogens is 3. The predicted molar refractivity (Wildman–Crippen MR) is 104 cm³/mol. The molecule has 9 nitrogen and oxygen atoms in total. The Labute approximate surface area is 167 Å². The fourth-order valence-corrected chi connectivity index (χ4v) is 3.23. The number of hydrogen-bond acceptors (Lipinski definition) is 7. The molecule has 0 aliphatic rings. The third kappa shape index (κ3) is 4.25. The van der Waals surface area contributed by atoms with Crippen molar-refractivity contribution in [1.82, 2.24) is 14.5 Å². The molecular formula is C20H22N4O5. The van der Waals surface area contributed by atoms with Crippen LogP contribution in [0.5, 0.6) is 5.88 Å². The molecule has 0 fully saturated rings. The van der Waals surface area contributed by atoms with E-state index in [4.69, 9.17) is 15.4 Å². The number of primary amides is 1. The van der Waals surface area contributed by atoms with Crippen LogP contribution in [0.2, 0.25) is 0 Å². The summed E-state index contributed by atoms with van der Waals surface area (Å²) in [5, 5.41) is 0.362. The fourth-order valence-electron chi connectivity index (χ4n) is 3.23. The first kappa shape index (κ1) is 20.4. The van der Waals surface area contributed by atoms with Crippen LogP contribution in [0.3, 0.4) is 0 Å². The Hall–Kier alpha value is -3.30. The zero-order valence-electron chi connectivity index (χ0n) is 16.3. The Kier molecular flexibility index (Phi) is 6.53. The fraction of sp³-hybridized carbons (Fsp3) is 0.300. The van der Waals surface area contributed by atoms with E-state index in [1.807, 2.05) is 41.8 Å². The summed E-state index contributed by atoms with van der Waals surface area (Å²) in [5.41, 5.74) is 7.65. The van der Waals surface area contributed by atoms with E-state index in [1.165, 1.54) is 13.4 Å². The Bertz CT molecular complexity index is 1020. The van der Waals surface area contributed by atoms with Crippen molar-refractivity contribution in [3.8, 4) is 5.88 Å². The number of hydrogen-bond donors (Lipinski definition) is 1. The minimum atomic E-state index is -1.05. The number of ketones is 1. The van der Waals surface area contributed by atoms with Gasteiger partial charge in [-0.05, 0) is 12.0 Å². The van der Waals surface area contributed by atoms with Crippen molar-refractivity contribution < 1.29 is 24.1 Å². The van der Waals surface area contributed by atoms with Crippen molar-refractivity contribution in [2.24, 2.45) is 5.73 Å². The molecule has 0 spiro atoms. The van der Waals surface area contributed by atoms with Crippen LogP contribution in [-0.2, 0) is 27.5 Å². The van der Waals surface area contributed by atoms with Gasteiger partial charge in [-0.2, -0.15) is 0 Å². The van der Waals surface area contributed by atoms with Crippen molar-refractivity contribution in [3.05, 3.63) is 53.5 Å². The average molecular weight is 398 g/mol. The molecule has 0 bridgehead atoms. The van der Waals surface area contributed by atoms with Gasteiger partial charge in [-0.15, -0.1) is 0 Å². The third-order valence-electron chi connectivity index (χ3n) is 4.41. The average Bonchev–Trinajstić information content (AvgIpc) is 3.05. The molecule has 0 saturated heterocycles. The topological polar surface area (TPSA) is 119 Å². The van der Waals surface area contributed by atoms with Gasteiger partial charge in [0.15, 0.2) is 0 Å². The minimum absolute atomic E-state index is 0.134. The second-order valence-electron chi connectivity index (χ2n) is 6.15. The first-order valence-electron chi connectivity index (χ1n) is 9.11. The highest BCUT2D eigenvalue weighted by atomic mass is 17.2. The number of benzene rings is 1. The van der Waals surface area contributed by atoms with Gasteiger partial charge in [-0.1, -0.05) is 37.3 Å². The quantitative estimate of drug-likeness (QED) is 0.181. The highest BCUT2D eigenvalue weighted by molar-refractivity contribution is 6.45. The molecule has 3 rings (SSSR count). The molecule has 0 atom stereocenters. The molecule has 0 aliphatic heterocycles. The summed E-state index contributed by atoms with van der Waals surface area (Å²) in [6.45, 7) is 2.66. The number of ether oxygens (including phenoxy) is 1. The van der Waals surface area contributed by atoms with Crippen molar-refractivity contribution in [2.75, 3.05) is 20.3 Å². The van der Waals surface area contributed by atoms with Crippen molar-refractivity contribution >= 4 is 22.7 Å². The number of fused-ring (bicyclic) bond motifs is 1. The predicted octanol–water partition coefficient (Wildman–Crippen LogP) is 1.67. The molecule has 0 saturated carbocycles. The van der Waals surface area contributed by atoms with Crippen molar-refractivity contribution in [1.29, 1.82) is 0 Å². The molecule has 0 aliphatic carbocycles. The summed E-state index contributed by atoms with van der Waals surface area (Å²) in [5.74, 6) is -1.66. The first-order valence-corrected chi connectivity index (χ1v) is 9.11. The molecule has 152 valence electrons. The van der Waals surface area contributed by atoms with Crippen LogP contribution in [0.1, 0.15) is 28.5 Å². The molecule has 3 aromatic rings. The van der Waals surface area contributed by atoms with Gasteiger partial charge in [0.1, 0.15) is 25.2 Å². The van der Waals surface area contributed by atoms with Crippen LogP contribution >= 0.6 is 0 Å². The lowest BCUT2D eigenvalue weighted by Crippen LogP contribution is -2.24. The molecule has 0 unspecified atom stereocenters. The minimum Gasteiger partial charge on any atom is -0.475 e. The lowest BCUT2D eigenvalue weighted by molar-refractivity contribution is -0.275. The lowest BCUT2D eigenvalue weighted by atomic mass is 10.1. The van der Waals surface area contributed by atoms with Crippen LogP contribution in [0.25, 0.3) is 11.0 Å². The van der Waals surface area contributed by atoms with Gasteiger partial charge < -0.3 is 15.0 Å². The van der Waals surface area contributed by atoms with E-state index < -0.39 is 11.7 Å². The number of nitrogens with zero attached hydrogens (tertiary/aromatic N) is 3. The summed E-state index contributed by atoms with van der Waals surface area (Å²) < 4.78 is 7.57. The summed E-state index contributed by atoms with van der Waals surface area (Å²) >= 11 is 0. The number of carbonyl (C=O) groups is 2. The summed E-state index contributed by atoms with van der Waals surface area (Å²) in [7, 11) is 1.39. The van der Waals surface area contributed by atoms with Gasteiger partial charge in [0.2, 0.25) is 5.88 Å². The Morgan fingerprint density at radius 3 is 2.55 bits per heavy atom. The number of Topliss-reactive ketones (excluding diaryl/α,β-unsaturated/α-hetero) is 1. The van der Waals surface area contributed by atoms with Crippen LogP contribution in [0, 0.1) is 0 Å². The van der Waals surface area contributed by atoms with Crippen LogP contribution < -0.4 is 10.5 Å². The van der Waals surface area contributed by atoms with E-state index in [0.717, 1.165) is 5.56 Å². The normalized spacial score (nSPS) is 11.0. The number of carbonyl (C=O) groups excluding carboxylic acids is 2. The van der Waals surface area contributed by atoms with Gasteiger partial charge in [-0.3, -0.25) is 9.59 Å². The van der Waals surface area contributed by atoms with E-state index in [2.05, 4.69) is 14.9 Å². The standard InChI is InChI=1S/C20H22N4O5/c1-3-14-15(17(25)18(21)26)16-19(24(14)11-13-7-5-4-6-8-13)22-12-23-20(16)28-9-10-29-27-2/h4-8,12H,3,9-11H2,1-2H3,(H2,21,26). The Balaban J connectivity index is 2.17. The zero-order valence-corrected chi connectivity index (χ0v) is 16.3. The smallest absolute Gasteiger partial charge is 0.289 e. The van der Waals surface area contributed by atoms with Gasteiger partial charge in [0.25, 0.3) is 11.7 Å². The molecule has 1 aromatic carbocycles. The molecule has 29 heavy (non-hydrogen) atoms. The molecule has 0 radical (unpaired) electrons. The zero-order chi connectivity index (χ0) is 20.8. The molecule has 1 amide bonds. The summed E-state index contributed by atoms with van der Waals surface area (Å²) in [6.07, 6.45) is 1.85. The molecule has 2 heterocycles. The Morgan fingerprint density at radius 1 is 1.14 bits per heavy atom. The van der Waals surface area contributed by atoms with E-state index in [-0.39, 0.29) is 24.7 Å². The van der Waals surface area contributed by atoms with Crippen molar-refractivity contribution in [2.45, 2.75) is 19.9 Å². The maximum atomic E-state index is 12.7. The SMILES string of the molecule is CCc1c(C(=O)C(N)=O)c2c(OCCOOC)ncnc2n1Cc1ccccc1. The highest BCUT2D eigenvalue weighted by Gasteiger charge is 2.28. The lowest BCUT2D eigenvalue weighted by Gasteiger charge is -2.10. The van der Waals surface area contributed by atoms with Crippen LogP contribution in [0.15, 0.2) is 36.7 Å². The number of rotatable bonds is 10. The van der Waals surface area contributed by atoms with E-state index in [1.54, 1.807) is 0 Å². The molecule has 2 aromatic heterocycles. The maximum absolute atomic E-state index is 12.7. The van der Waals surface area contributed by atoms with E-state index >= 15 is 0 Å². The maximum Gasteiger partial charge on any atom is 0.289 e. The van der Waals surface area contributed by atoms with E-state index in [0.29, 0.717) is 29.7 Å². The van der Waals surface area contributed by atoms with Gasteiger partial charge in [0.05, 0.1) is 18.1 Å². The molecule has 9 heteroatoms. The largest absolute Gasteiger partial charge is 0.475 e. The molecule has 2 N–H and O–H groups in total. The van der Waals surface area contributed by atoms with Crippen LogP contribution in [0.4, 0.5) is 0 Å². The third-order valence-corrected chi connectivity index (χ3v) is 4.41. The monoisotopic (exact) mass is 398 g/mol. The van der Waals surface area contributed by atoms with Crippen molar-refractivity contribution in [3.63, 3.8) is 0 Å². The summed E-state index contributed by atoms with van der Waals surface area (Å²) in [4.78, 5) is 42.3. The van der Waals surface area contributed by atoms with Gasteiger partial charge in [-0.25, -0.2) is 19.7 Å².